The molecule has 1 aliphatic carbocycles. The van der Waals surface area contributed by atoms with E-state index in [-0.39, 0.29) is 0 Å². The van der Waals surface area contributed by atoms with Crippen LogP contribution in [0.25, 0.3) is 0 Å². The summed E-state index contributed by atoms with van der Waals surface area (Å²) in [5.74, 6) is 1.88. The Hall–Kier alpha value is -1.10. The molecule has 2 N–H and O–H groups in total. The van der Waals surface area contributed by atoms with Gasteiger partial charge in [0.1, 0.15) is 5.01 Å². The van der Waals surface area contributed by atoms with Crippen molar-refractivity contribution in [1.82, 2.24) is 15.6 Å². The maximum absolute atomic E-state index is 4.69. The van der Waals surface area contributed by atoms with Gasteiger partial charge in [-0.25, -0.2) is 9.98 Å². The van der Waals surface area contributed by atoms with Gasteiger partial charge >= 0.3 is 0 Å². The first kappa shape index (κ1) is 17.3. The quantitative estimate of drug-likeness (QED) is 0.617. The molecule has 124 valence electrons. The zero-order valence-electron chi connectivity index (χ0n) is 14.2. The molecule has 2 rings (SSSR count). The van der Waals surface area contributed by atoms with Gasteiger partial charge in [-0.2, -0.15) is 0 Å². The van der Waals surface area contributed by atoms with E-state index in [0.717, 1.165) is 23.4 Å². The van der Waals surface area contributed by atoms with Crippen LogP contribution in [0.1, 0.15) is 62.3 Å². The van der Waals surface area contributed by atoms with E-state index in [2.05, 4.69) is 41.4 Å². The lowest BCUT2D eigenvalue weighted by atomic mass is 9.83. The third-order valence-corrected chi connectivity index (χ3v) is 5.17. The maximum Gasteiger partial charge on any atom is 0.191 e. The molecule has 0 amide bonds. The van der Waals surface area contributed by atoms with E-state index in [1.54, 1.807) is 11.3 Å². The first-order valence-corrected chi connectivity index (χ1v) is 9.49. The summed E-state index contributed by atoms with van der Waals surface area (Å²) in [5.41, 5.74) is 0. The number of aryl methyl sites for hydroxylation is 1. The zero-order chi connectivity index (χ0) is 15.8. The Labute approximate surface area is 138 Å². The Morgan fingerprint density at radius 1 is 1.32 bits per heavy atom. The van der Waals surface area contributed by atoms with Crippen LogP contribution in [0.15, 0.2) is 11.2 Å². The van der Waals surface area contributed by atoms with Gasteiger partial charge in [0.2, 0.25) is 0 Å². The summed E-state index contributed by atoms with van der Waals surface area (Å²) in [7, 11) is 0. The summed E-state index contributed by atoms with van der Waals surface area (Å²) in [4.78, 5) is 10.3. The van der Waals surface area contributed by atoms with Gasteiger partial charge in [-0.3, -0.25) is 0 Å². The van der Waals surface area contributed by atoms with E-state index in [1.807, 2.05) is 6.20 Å². The van der Waals surface area contributed by atoms with Crippen molar-refractivity contribution in [3.05, 3.63) is 16.1 Å². The molecule has 1 saturated carbocycles. The Bertz CT molecular complexity index is 461. The molecule has 1 heterocycles. The van der Waals surface area contributed by atoms with E-state index in [9.17, 15) is 0 Å². The Morgan fingerprint density at radius 2 is 2.09 bits per heavy atom. The standard InChI is InChI=1S/C17H30N4S/c1-4-6-14-7-9-15(10-8-14)21-17(18-5-2)20-12-16-19-11-13(3)22-16/h11,14-15H,4-10,12H2,1-3H3,(H2,18,20,21). The molecule has 0 spiro atoms. The highest BCUT2D eigenvalue weighted by Crippen LogP contribution is 2.27. The van der Waals surface area contributed by atoms with E-state index >= 15 is 0 Å². The number of hydrogen-bond acceptors (Lipinski definition) is 3. The second-order valence-electron chi connectivity index (χ2n) is 6.21. The van der Waals surface area contributed by atoms with Gasteiger partial charge in [0.15, 0.2) is 5.96 Å². The lowest BCUT2D eigenvalue weighted by Crippen LogP contribution is -2.44. The van der Waals surface area contributed by atoms with Crippen molar-refractivity contribution in [2.45, 2.75) is 71.9 Å². The number of thiazole rings is 1. The monoisotopic (exact) mass is 322 g/mol. The smallest absolute Gasteiger partial charge is 0.191 e. The average Bonchev–Trinajstić information content (AvgIpc) is 2.93. The zero-order valence-corrected chi connectivity index (χ0v) is 15.0. The van der Waals surface area contributed by atoms with Crippen LogP contribution in [0.5, 0.6) is 0 Å². The number of rotatable bonds is 6. The van der Waals surface area contributed by atoms with Gasteiger partial charge in [0.05, 0.1) is 6.54 Å². The molecule has 1 fully saturated rings. The van der Waals surface area contributed by atoms with Crippen molar-refractivity contribution < 1.29 is 0 Å². The molecular weight excluding hydrogens is 292 g/mol. The van der Waals surface area contributed by atoms with Crippen LogP contribution < -0.4 is 10.6 Å². The first-order chi connectivity index (χ1) is 10.7. The molecular formula is C17H30N4S. The van der Waals surface area contributed by atoms with Crippen molar-refractivity contribution >= 4 is 17.3 Å². The minimum absolute atomic E-state index is 0.573. The molecule has 1 aliphatic rings. The third-order valence-electron chi connectivity index (χ3n) is 4.27. The van der Waals surface area contributed by atoms with Crippen LogP contribution in [-0.2, 0) is 6.54 Å². The summed E-state index contributed by atoms with van der Waals surface area (Å²) >= 11 is 1.73. The lowest BCUT2D eigenvalue weighted by Gasteiger charge is -2.30. The van der Waals surface area contributed by atoms with Crippen LogP contribution in [0, 0.1) is 12.8 Å². The molecule has 0 aromatic carbocycles. The van der Waals surface area contributed by atoms with Gasteiger partial charge in [0, 0.05) is 23.7 Å². The van der Waals surface area contributed by atoms with Crippen molar-refractivity contribution in [1.29, 1.82) is 0 Å². The summed E-state index contributed by atoms with van der Waals surface area (Å²) < 4.78 is 0. The topological polar surface area (TPSA) is 49.3 Å². The minimum Gasteiger partial charge on any atom is -0.357 e. The number of nitrogens with one attached hydrogen (secondary N) is 2. The fourth-order valence-corrected chi connectivity index (χ4v) is 3.85. The Balaban J connectivity index is 1.83. The molecule has 22 heavy (non-hydrogen) atoms. The summed E-state index contributed by atoms with van der Waals surface area (Å²) in [6.07, 6.45) is 9.89. The minimum atomic E-state index is 0.573. The van der Waals surface area contributed by atoms with Crippen LogP contribution in [0.3, 0.4) is 0 Å². The SMILES string of the molecule is CCCC1CCC(NC(=NCc2ncc(C)s2)NCC)CC1. The van der Waals surface area contributed by atoms with Gasteiger partial charge in [-0.1, -0.05) is 19.8 Å². The molecule has 1 aromatic rings. The normalized spacial score (nSPS) is 22.6. The molecule has 4 nitrogen and oxygen atoms in total. The van der Waals surface area contributed by atoms with Crippen LogP contribution in [0.2, 0.25) is 0 Å². The molecule has 0 radical (unpaired) electrons. The number of aliphatic imine (C=N–C) groups is 1. The Morgan fingerprint density at radius 3 is 2.68 bits per heavy atom. The van der Waals surface area contributed by atoms with Gasteiger partial charge in [-0.05, 0) is 45.4 Å². The molecule has 0 atom stereocenters. The Kier molecular flexibility index (Phi) is 7.16. The highest BCUT2D eigenvalue weighted by atomic mass is 32.1. The fraction of sp³-hybridized carbons (Fsp3) is 0.765. The fourth-order valence-electron chi connectivity index (χ4n) is 3.14. The molecule has 0 bridgehead atoms. The number of hydrogen-bond donors (Lipinski definition) is 2. The number of aromatic nitrogens is 1. The summed E-state index contributed by atoms with van der Waals surface area (Å²) in [5, 5.41) is 8.06. The predicted octanol–water partition coefficient (Wildman–Crippen LogP) is 3.87. The second kappa shape index (κ2) is 9.13. The predicted molar refractivity (Wildman–Crippen MR) is 95.5 cm³/mol. The maximum atomic E-state index is 4.69. The first-order valence-electron chi connectivity index (χ1n) is 8.67. The lowest BCUT2D eigenvalue weighted by molar-refractivity contribution is 0.295. The molecule has 5 heteroatoms. The largest absolute Gasteiger partial charge is 0.357 e. The van der Waals surface area contributed by atoms with Crippen LogP contribution in [-0.4, -0.2) is 23.5 Å². The third kappa shape index (κ3) is 5.59. The molecule has 1 aromatic heterocycles. The average molecular weight is 323 g/mol. The number of nitrogens with zero attached hydrogens (tertiary/aromatic N) is 2. The van der Waals surface area contributed by atoms with Gasteiger partial charge in [-0.15, -0.1) is 11.3 Å². The molecule has 0 unspecified atom stereocenters. The van der Waals surface area contributed by atoms with E-state index < -0.39 is 0 Å². The summed E-state index contributed by atoms with van der Waals surface area (Å²) in [6.45, 7) is 8.06. The van der Waals surface area contributed by atoms with E-state index in [1.165, 1.54) is 43.4 Å². The van der Waals surface area contributed by atoms with Crippen molar-refractivity contribution in [3.8, 4) is 0 Å². The molecule has 0 saturated heterocycles. The van der Waals surface area contributed by atoms with Crippen molar-refractivity contribution in [2.75, 3.05) is 6.54 Å². The summed E-state index contributed by atoms with van der Waals surface area (Å²) in [6, 6.07) is 0.573. The van der Waals surface area contributed by atoms with E-state index in [0.29, 0.717) is 12.6 Å². The highest BCUT2D eigenvalue weighted by Gasteiger charge is 2.21. The van der Waals surface area contributed by atoms with Crippen molar-refractivity contribution in [3.63, 3.8) is 0 Å². The van der Waals surface area contributed by atoms with Crippen molar-refractivity contribution in [2.24, 2.45) is 10.9 Å². The van der Waals surface area contributed by atoms with E-state index in [4.69, 9.17) is 0 Å². The van der Waals surface area contributed by atoms with Crippen LogP contribution in [0.4, 0.5) is 0 Å². The molecule has 0 aliphatic heterocycles. The number of guanidine groups is 1. The van der Waals surface area contributed by atoms with Gasteiger partial charge in [0.25, 0.3) is 0 Å². The highest BCUT2D eigenvalue weighted by molar-refractivity contribution is 7.11. The second-order valence-corrected chi connectivity index (χ2v) is 7.53. The van der Waals surface area contributed by atoms with Crippen LogP contribution >= 0.6 is 11.3 Å². The van der Waals surface area contributed by atoms with Gasteiger partial charge < -0.3 is 10.6 Å².